The number of hydrogen-bond acceptors (Lipinski definition) is 2. The van der Waals surface area contributed by atoms with Gasteiger partial charge in [-0.1, -0.05) is 35.0 Å². The summed E-state index contributed by atoms with van der Waals surface area (Å²) in [6, 6.07) is 9.29. The van der Waals surface area contributed by atoms with Crippen molar-refractivity contribution in [2.45, 2.75) is 32.7 Å². The van der Waals surface area contributed by atoms with Crippen molar-refractivity contribution in [1.29, 1.82) is 0 Å². The van der Waals surface area contributed by atoms with Gasteiger partial charge in [-0.2, -0.15) is 0 Å². The Bertz CT molecular complexity index is 369. The zero-order valence-electron chi connectivity index (χ0n) is 12.0. The van der Waals surface area contributed by atoms with Gasteiger partial charge in [-0.15, -0.1) is 0 Å². The Kier molecular flexibility index (Phi) is 5.86. The largest absolute Gasteiger partial charge is 0.317 e. The van der Waals surface area contributed by atoms with E-state index in [1.807, 2.05) is 0 Å². The van der Waals surface area contributed by atoms with Gasteiger partial charge in [0.25, 0.3) is 0 Å². The summed E-state index contributed by atoms with van der Waals surface area (Å²) in [4.78, 5) is 2.62. The number of piperidine rings is 1. The Labute approximate surface area is 125 Å². The van der Waals surface area contributed by atoms with E-state index in [1.54, 1.807) is 0 Å². The van der Waals surface area contributed by atoms with Gasteiger partial charge < -0.3 is 5.32 Å². The minimum absolute atomic E-state index is 0.535. The molecule has 0 aliphatic carbocycles. The summed E-state index contributed by atoms with van der Waals surface area (Å²) in [5.74, 6) is 0.869. The predicted molar refractivity (Wildman–Crippen MR) is 85.4 cm³/mol. The number of hydrogen-bond donors (Lipinski definition) is 1. The molecule has 1 fully saturated rings. The molecule has 19 heavy (non-hydrogen) atoms. The van der Waals surface area contributed by atoms with E-state index >= 15 is 0 Å². The number of nitrogens with zero attached hydrogens (tertiary/aromatic N) is 1. The molecule has 1 aliphatic rings. The standard InChI is InChI=1S/C16H25BrN2/c1-3-18-12-14-8-10-19(11-9-14)13(2)15-4-6-16(17)7-5-15/h4-7,13-14,18H,3,8-12H2,1-2H3. The summed E-state index contributed by atoms with van der Waals surface area (Å²) in [6.45, 7) is 9.26. The van der Waals surface area contributed by atoms with Gasteiger partial charge in [-0.3, -0.25) is 4.90 Å². The molecule has 1 heterocycles. The third-order valence-corrected chi connectivity index (χ3v) is 4.76. The summed E-state index contributed by atoms with van der Waals surface area (Å²) in [6.07, 6.45) is 2.65. The maximum Gasteiger partial charge on any atom is 0.0319 e. The molecule has 1 aromatic rings. The molecule has 0 bridgehead atoms. The fourth-order valence-electron chi connectivity index (χ4n) is 2.84. The van der Waals surface area contributed by atoms with Crippen molar-refractivity contribution in [3.63, 3.8) is 0 Å². The molecular formula is C16H25BrN2. The quantitative estimate of drug-likeness (QED) is 0.885. The molecule has 1 atom stereocenters. The molecule has 106 valence electrons. The second-order valence-corrected chi connectivity index (χ2v) is 6.43. The fourth-order valence-corrected chi connectivity index (χ4v) is 3.11. The normalized spacial score (nSPS) is 19.5. The number of nitrogens with one attached hydrogen (secondary N) is 1. The Balaban J connectivity index is 1.85. The highest BCUT2D eigenvalue weighted by molar-refractivity contribution is 9.10. The van der Waals surface area contributed by atoms with Crippen LogP contribution in [0.25, 0.3) is 0 Å². The topological polar surface area (TPSA) is 15.3 Å². The third kappa shape index (κ3) is 4.30. The fraction of sp³-hybridized carbons (Fsp3) is 0.625. The van der Waals surface area contributed by atoms with Gasteiger partial charge in [-0.05, 0) is 69.6 Å². The first kappa shape index (κ1) is 15.0. The van der Waals surface area contributed by atoms with Crippen molar-refractivity contribution >= 4 is 15.9 Å². The maximum absolute atomic E-state index is 3.50. The van der Waals surface area contributed by atoms with Gasteiger partial charge in [0.15, 0.2) is 0 Å². The first-order valence-corrected chi connectivity index (χ1v) is 8.20. The average molecular weight is 325 g/mol. The highest BCUT2D eigenvalue weighted by Gasteiger charge is 2.23. The van der Waals surface area contributed by atoms with Crippen molar-refractivity contribution in [2.24, 2.45) is 5.92 Å². The lowest BCUT2D eigenvalue weighted by atomic mass is 9.94. The second-order valence-electron chi connectivity index (χ2n) is 5.51. The van der Waals surface area contributed by atoms with E-state index < -0.39 is 0 Å². The first-order chi connectivity index (χ1) is 9.20. The summed E-state index contributed by atoms with van der Waals surface area (Å²) < 4.78 is 1.16. The molecule has 2 nitrogen and oxygen atoms in total. The molecule has 0 radical (unpaired) electrons. The number of halogens is 1. The molecule has 0 aromatic heterocycles. The molecule has 2 rings (SSSR count). The van der Waals surface area contributed by atoms with Crippen LogP contribution in [0.1, 0.15) is 38.3 Å². The molecule has 1 aromatic carbocycles. The van der Waals surface area contributed by atoms with Crippen molar-refractivity contribution in [3.8, 4) is 0 Å². The Hall–Kier alpha value is -0.380. The van der Waals surface area contributed by atoms with Crippen LogP contribution in [0.3, 0.4) is 0 Å². The molecule has 1 unspecified atom stereocenters. The van der Waals surface area contributed by atoms with Crippen LogP contribution in [0.5, 0.6) is 0 Å². The zero-order chi connectivity index (χ0) is 13.7. The van der Waals surface area contributed by atoms with Gasteiger partial charge in [0, 0.05) is 10.5 Å². The second kappa shape index (κ2) is 7.41. The number of benzene rings is 1. The smallest absolute Gasteiger partial charge is 0.0319 e. The van der Waals surface area contributed by atoms with Crippen LogP contribution in [0.2, 0.25) is 0 Å². The number of likely N-dealkylation sites (tertiary alicyclic amines) is 1. The van der Waals surface area contributed by atoms with Crippen LogP contribution in [0.15, 0.2) is 28.7 Å². The highest BCUT2D eigenvalue weighted by atomic mass is 79.9. The van der Waals surface area contributed by atoms with Crippen molar-refractivity contribution < 1.29 is 0 Å². The Morgan fingerprint density at radius 2 is 1.89 bits per heavy atom. The van der Waals surface area contributed by atoms with E-state index in [9.17, 15) is 0 Å². The molecule has 1 saturated heterocycles. The summed E-state index contributed by atoms with van der Waals surface area (Å²) in [7, 11) is 0. The molecule has 3 heteroatoms. The molecule has 0 amide bonds. The lowest BCUT2D eigenvalue weighted by molar-refractivity contribution is 0.140. The van der Waals surface area contributed by atoms with Crippen LogP contribution in [-0.2, 0) is 0 Å². The Morgan fingerprint density at radius 1 is 1.26 bits per heavy atom. The lowest BCUT2D eigenvalue weighted by Crippen LogP contribution is -2.38. The van der Waals surface area contributed by atoms with E-state index in [-0.39, 0.29) is 0 Å². The monoisotopic (exact) mass is 324 g/mol. The molecule has 0 spiro atoms. The van der Waals surface area contributed by atoms with Gasteiger partial charge in [-0.25, -0.2) is 0 Å². The van der Waals surface area contributed by atoms with Crippen LogP contribution >= 0.6 is 15.9 Å². The Morgan fingerprint density at radius 3 is 2.47 bits per heavy atom. The zero-order valence-corrected chi connectivity index (χ0v) is 13.6. The van der Waals surface area contributed by atoms with E-state index in [1.165, 1.54) is 38.0 Å². The molecule has 0 saturated carbocycles. The molecule has 1 N–H and O–H groups in total. The predicted octanol–water partition coefficient (Wildman–Crippen LogP) is 3.83. The van der Waals surface area contributed by atoms with Crippen LogP contribution in [-0.4, -0.2) is 31.1 Å². The van der Waals surface area contributed by atoms with Crippen molar-refractivity contribution in [2.75, 3.05) is 26.2 Å². The van der Waals surface area contributed by atoms with Gasteiger partial charge in [0.1, 0.15) is 0 Å². The first-order valence-electron chi connectivity index (χ1n) is 7.41. The summed E-state index contributed by atoms with van der Waals surface area (Å²) >= 11 is 3.50. The molecule has 1 aliphatic heterocycles. The third-order valence-electron chi connectivity index (χ3n) is 4.23. The minimum Gasteiger partial charge on any atom is -0.317 e. The maximum atomic E-state index is 3.50. The van der Waals surface area contributed by atoms with E-state index in [2.05, 4.69) is 64.3 Å². The number of rotatable bonds is 5. The van der Waals surface area contributed by atoms with Crippen LogP contribution < -0.4 is 5.32 Å². The summed E-state index contributed by atoms with van der Waals surface area (Å²) in [5.41, 5.74) is 1.42. The minimum atomic E-state index is 0.535. The van der Waals surface area contributed by atoms with Gasteiger partial charge in [0.2, 0.25) is 0 Å². The SMILES string of the molecule is CCNCC1CCN(C(C)c2ccc(Br)cc2)CC1. The van der Waals surface area contributed by atoms with Crippen LogP contribution in [0.4, 0.5) is 0 Å². The lowest BCUT2D eigenvalue weighted by Gasteiger charge is -2.36. The van der Waals surface area contributed by atoms with Crippen molar-refractivity contribution in [3.05, 3.63) is 34.3 Å². The van der Waals surface area contributed by atoms with Gasteiger partial charge >= 0.3 is 0 Å². The molecular weight excluding hydrogens is 300 g/mol. The van der Waals surface area contributed by atoms with E-state index in [0.717, 1.165) is 16.9 Å². The van der Waals surface area contributed by atoms with Crippen LogP contribution in [0, 0.1) is 5.92 Å². The summed E-state index contributed by atoms with van der Waals surface area (Å²) in [5, 5.41) is 3.48. The highest BCUT2D eigenvalue weighted by Crippen LogP contribution is 2.27. The van der Waals surface area contributed by atoms with E-state index in [4.69, 9.17) is 0 Å². The van der Waals surface area contributed by atoms with Crippen molar-refractivity contribution in [1.82, 2.24) is 10.2 Å². The van der Waals surface area contributed by atoms with Gasteiger partial charge in [0.05, 0.1) is 0 Å². The van der Waals surface area contributed by atoms with E-state index in [0.29, 0.717) is 6.04 Å². The average Bonchev–Trinajstić information content (AvgIpc) is 2.46.